The summed E-state index contributed by atoms with van der Waals surface area (Å²) in [5.74, 6) is 1.11. The van der Waals surface area contributed by atoms with E-state index in [0.29, 0.717) is 12.3 Å². The van der Waals surface area contributed by atoms with E-state index in [0.717, 1.165) is 22.3 Å². The minimum atomic E-state index is 0.346. The highest BCUT2D eigenvalue weighted by molar-refractivity contribution is 9.10. The highest BCUT2D eigenvalue weighted by atomic mass is 79.9. The van der Waals surface area contributed by atoms with E-state index >= 15 is 0 Å². The molecule has 0 atom stereocenters. The fourth-order valence-electron chi connectivity index (χ4n) is 1.74. The Morgan fingerprint density at radius 1 is 1.33 bits per heavy atom. The van der Waals surface area contributed by atoms with E-state index in [-0.39, 0.29) is 0 Å². The summed E-state index contributed by atoms with van der Waals surface area (Å²) in [5.41, 5.74) is 2.34. The summed E-state index contributed by atoms with van der Waals surface area (Å²) in [6.45, 7) is 2.70. The molecule has 1 heterocycles. The van der Waals surface area contributed by atoms with Gasteiger partial charge in [0.1, 0.15) is 11.8 Å². The van der Waals surface area contributed by atoms with Crippen molar-refractivity contribution in [1.82, 2.24) is 0 Å². The fourth-order valence-corrected chi connectivity index (χ4v) is 2.15. The molecule has 0 radical (unpaired) electrons. The molecule has 1 N–H and O–H groups in total. The Hall–Kier alpha value is -1.73. The first-order chi connectivity index (χ1) is 8.72. The van der Waals surface area contributed by atoms with Crippen LogP contribution in [0.25, 0.3) is 0 Å². The van der Waals surface area contributed by atoms with E-state index in [9.17, 15) is 0 Å². The van der Waals surface area contributed by atoms with Crippen LogP contribution in [-0.2, 0) is 13.0 Å². The standard InChI is InChI=1S/C14H13BrN2O/c1-2-10-7-11(15)3-6-14(10)17-9-13-5-4-12(8-16)18-13/h3-7,17H,2,9H2,1H3. The van der Waals surface area contributed by atoms with Crippen molar-refractivity contribution in [3.63, 3.8) is 0 Å². The van der Waals surface area contributed by atoms with Gasteiger partial charge in [-0.2, -0.15) is 5.26 Å². The van der Waals surface area contributed by atoms with Gasteiger partial charge in [0.15, 0.2) is 0 Å². The van der Waals surface area contributed by atoms with Crippen LogP contribution >= 0.6 is 15.9 Å². The summed E-state index contributed by atoms with van der Waals surface area (Å²) in [6.07, 6.45) is 0.962. The molecule has 1 aromatic carbocycles. The second kappa shape index (κ2) is 5.74. The maximum absolute atomic E-state index is 8.68. The topological polar surface area (TPSA) is 49.0 Å². The summed E-state index contributed by atoms with van der Waals surface area (Å²) in [7, 11) is 0. The molecular weight excluding hydrogens is 292 g/mol. The monoisotopic (exact) mass is 304 g/mol. The normalized spacial score (nSPS) is 10.1. The molecule has 4 heteroatoms. The van der Waals surface area contributed by atoms with Crippen molar-refractivity contribution in [2.45, 2.75) is 19.9 Å². The Morgan fingerprint density at radius 2 is 2.17 bits per heavy atom. The molecule has 0 saturated heterocycles. The molecule has 0 aliphatic heterocycles. The molecule has 2 aromatic rings. The lowest BCUT2D eigenvalue weighted by Crippen LogP contribution is -2.01. The molecule has 18 heavy (non-hydrogen) atoms. The van der Waals surface area contributed by atoms with Gasteiger partial charge in [-0.15, -0.1) is 0 Å². The van der Waals surface area contributed by atoms with Crippen molar-refractivity contribution in [3.8, 4) is 6.07 Å². The van der Waals surface area contributed by atoms with Crippen LogP contribution in [0.1, 0.15) is 24.0 Å². The van der Waals surface area contributed by atoms with E-state index in [1.165, 1.54) is 5.56 Å². The van der Waals surface area contributed by atoms with Gasteiger partial charge in [0.05, 0.1) is 6.54 Å². The van der Waals surface area contributed by atoms with Crippen molar-refractivity contribution >= 4 is 21.6 Å². The van der Waals surface area contributed by atoms with Gasteiger partial charge in [-0.25, -0.2) is 0 Å². The Labute approximate surface area is 115 Å². The molecule has 0 aliphatic rings. The number of hydrogen-bond donors (Lipinski definition) is 1. The molecule has 0 spiro atoms. The van der Waals surface area contributed by atoms with Gasteiger partial charge >= 0.3 is 0 Å². The smallest absolute Gasteiger partial charge is 0.203 e. The maximum Gasteiger partial charge on any atom is 0.203 e. The first-order valence-electron chi connectivity index (χ1n) is 5.74. The number of benzene rings is 1. The molecule has 0 amide bonds. The van der Waals surface area contributed by atoms with Crippen LogP contribution in [0.15, 0.2) is 39.2 Å². The Morgan fingerprint density at radius 3 is 2.83 bits per heavy atom. The second-order valence-electron chi connectivity index (χ2n) is 3.89. The molecule has 3 nitrogen and oxygen atoms in total. The molecule has 2 rings (SSSR count). The fraction of sp³-hybridized carbons (Fsp3) is 0.214. The summed E-state index contributed by atoms with van der Waals surface area (Å²) < 4.78 is 6.40. The molecule has 92 valence electrons. The molecule has 1 aromatic heterocycles. The van der Waals surface area contributed by atoms with E-state index in [1.54, 1.807) is 6.07 Å². The van der Waals surface area contributed by atoms with Crippen molar-refractivity contribution in [3.05, 3.63) is 51.9 Å². The van der Waals surface area contributed by atoms with E-state index in [2.05, 4.69) is 34.2 Å². The number of nitrogens with zero attached hydrogens (tertiary/aromatic N) is 1. The van der Waals surface area contributed by atoms with Gasteiger partial charge in [0.2, 0.25) is 5.76 Å². The SMILES string of the molecule is CCc1cc(Br)ccc1NCc1ccc(C#N)o1. The van der Waals surface area contributed by atoms with Crippen LogP contribution in [0.3, 0.4) is 0 Å². The third-order valence-electron chi connectivity index (χ3n) is 2.67. The lowest BCUT2D eigenvalue weighted by molar-refractivity contribution is 0.506. The van der Waals surface area contributed by atoms with Crippen LogP contribution in [0.4, 0.5) is 5.69 Å². The number of aryl methyl sites for hydroxylation is 1. The van der Waals surface area contributed by atoms with Crippen molar-refractivity contribution in [2.24, 2.45) is 0 Å². The molecule has 0 bridgehead atoms. The quantitative estimate of drug-likeness (QED) is 0.925. The average Bonchev–Trinajstić information content (AvgIpc) is 2.85. The van der Waals surface area contributed by atoms with Gasteiger partial charge in [0.25, 0.3) is 0 Å². The van der Waals surface area contributed by atoms with Gasteiger partial charge in [-0.3, -0.25) is 0 Å². The van der Waals surface area contributed by atoms with Gasteiger partial charge in [-0.05, 0) is 42.3 Å². The van der Waals surface area contributed by atoms with Crippen LogP contribution in [0, 0.1) is 11.3 Å². The highest BCUT2D eigenvalue weighted by Gasteiger charge is 2.04. The zero-order valence-corrected chi connectivity index (χ0v) is 11.6. The zero-order chi connectivity index (χ0) is 13.0. The van der Waals surface area contributed by atoms with Crippen LogP contribution in [-0.4, -0.2) is 0 Å². The number of nitriles is 1. The Bertz CT molecular complexity index is 584. The molecule has 0 saturated carbocycles. The Balaban J connectivity index is 2.08. The highest BCUT2D eigenvalue weighted by Crippen LogP contribution is 2.22. The summed E-state index contributed by atoms with van der Waals surface area (Å²) >= 11 is 3.46. The number of rotatable bonds is 4. The number of anilines is 1. The number of furan rings is 1. The number of hydrogen-bond acceptors (Lipinski definition) is 3. The van der Waals surface area contributed by atoms with Crippen molar-refractivity contribution < 1.29 is 4.42 Å². The lowest BCUT2D eigenvalue weighted by atomic mass is 10.1. The largest absolute Gasteiger partial charge is 0.449 e. The predicted molar refractivity (Wildman–Crippen MR) is 74.3 cm³/mol. The molecule has 0 aliphatic carbocycles. The van der Waals surface area contributed by atoms with Crippen LogP contribution in [0.2, 0.25) is 0 Å². The van der Waals surface area contributed by atoms with E-state index < -0.39 is 0 Å². The zero-order valence-electron chi connectivity index (χ0n) is 10.0. The first-order valence-corrected chi connectivity index (χ1v) is 6.53. The predicted octanol–water partition coefficient (Wildman–Crippen LogP) is 4.09. The summed E-state index contributed by atoms with van der Waals surface area (Å²) in [6, 6.07) is 11.6. The van der Waals surface area contributed by atoms with Gasteiger partial charge in [-0.1, -0.05) is 22.9 Å². The maximum atomic E-state index is 8.68. The van der Waals surface area contributed by atoms with E-state index in [4.69, 9.17) is 9.68 Å². The summed E-state index contributed by atoms with van der Waals surface area (Å²) in [5, 5.41) is 12.0. The minimum Gasteiger partial charge on any atom is -0.449 e. The molecular formula is C14H13BrN2O. The number of halogens is 1. The van der Waals surface area contributed by atoms with Crippen LogP contribution in [0.5, 0.6) is 0 Å². The third kappa shape index (κ3) is 2.93. The van der Waals surface area contributed by atoms with Gasteiger partial charge < -0.3 is 9.73 Å². The van der Waals surface area contributed by atoms with Crippen molar-refractivity contribution in [2.75, 3.05) is 5.32 Å². The van der Waals surface area contributed by atoms with Gasteiger partial charge in [0, 0.05) is 10.2 Å². The minimum absolute atomic E-state index is 0.346. The lowest BCUT2D eigenvalue weighted by Gasteiger charge is -2.10. The molecule has 0 unspecified atom stereocenters. The second-order valence-corrected chi connectivity index (χ2v) is 4.80. The Kier molecular flexibility index (Phi) is 4.06. The number of nitrogens with one attached hydrogen (secondary N) is 1. The molecule has 0 fully saturated rings. The average molecular weight is 305 g/mol. The third-order valence-corrected chi connectivity index (χ3v) is 3.17. The van der Waals surface area contributed by atoms with Crippen molar-refractivity contribution in [1.29, 1.82) is 5.26 Å². The van der Waals surface area contributed by atoms with Crippen LogP contribution < -0.4 is 5.32 Å². The summed E-state index contributed by atoms with van der Waals surface area (Å²) in [4.78, 5) is 0. The first kappa shape index (κ1) is 12.7. The van der Waals surface area contributed by atoms with E-state index in [1.807, 2.05) is 24.3 Å².